The number of likely N-dealkylation sites (tertiary alicyclic amines) is 1. The number of nitrogens with zero attached hydrogens (tertiary/aromatic N) is 2. The zero-order valence-corrected chi connectivity index (χ0v) is 15.1. The summed E-state index contributed by atoms with van der Waals surface area (Å²) in [6.45, 7) is 5.45. The Morgan fingerprint density at radius 2 is 1.81 bits per heavy atom. The van der Waals surface area contributed by atoms with E-state index in [-0.39, 0.29) is 23.6 Å². The molecule has 3 rings (SSSR count). The average Bonchev–Trinajstić information content (AvgIpc) is 3.17. The number of carbonyl (C=O) groups is 2. The number of carbonyl (C=O) groups excluding carboxylic acids is 2. The Morgan fingerprint density at radius 3 is 2.46 bits per heavy atom. The summed E-state index contributed by atoms with van der Waals surface area (Å²) < 4.78 is 5.58. The van der Waals surface area contributed by atoms with Gasteiger partial charge in [0.05, 0.1) is 6.10 Å². The first-order valence-corrected chi connectivity index (χ1v) is 8.86. The van der Waals surface area contributed by atoms with Crippen molar-refractivity contribution in [1.82, 2.24) is 9.88 Å². The summed E-state index contributed by atoms with van der Waals surface area (Å²) in [5.41, 5.74) is 1.36. The Kier molecular flexibility index (Phi) is 5.51. The molecule has 1 aliphatic rings. The van der Waals surface area contributed by atoms with Gasteiger partial charge in [0.15, 0.2) is 0 Å². The molecule has 1 N–H and O–H groups in total. The standard InChI is InChI=1S/C20H23N3O3/c1-14(2)26-17-7-5-16(6-8-17)22-19(24)18-13-15(9-10-21-18)20(25)23-11-3-4-12-23/h5-10,13-14H,3-4,11-12H2,1-2H3,(H,22,24). The summed E-state index contributed by atoms with van der Waals surface area (Å²) in [5.74, 6) is 0.349. The third-order valence-electron chi connectivity index (χ3n) is 4.12. The summed E-state index contributed by atoms with van der Waals surface area (Å²) in [7, 11) is 0. The van der Waals surface area contributed by atoms with Crippen molar-refractivity contribution in [2.75, 3.05) is 18.4 Å². The number of rotatable bonds is 5. The van der Waals surface area contributed by atoms with E-state index in [1.165, 1.54) is 6.20 Å². The molecule has 0 atom stereocenters. The Balaban J connectivity index is 1.68. The van der Waals surface area contributed by atoms with Crippen LogP contribution in [0.15, 0.2) is 42.6 Å². The summed E-state index contributed by atoms with van der Waals surface area (Å²) in [6, 6.07) is 10.3. The fourth-order valence-corrected chi connectivity index (χ4v) is 2.87. The van der Waals surface area contributed by atoms with Gasteiger partial charge in [0.25, 0.3) is 11.8 Å². The molecular formula is C20H23N3O3. The van der Waals surface area contributed by atoms with Crippen LogP contribution < -0.4 is 10.1 Å². The number of aromatic nitrogens is 1. The van der Waals surface area contributed by atoms with Crippen LogP contribution in [0.25, 0.3) is 0 Å². The van der Waals surface area contributed by atoms with Crippen LogP contribution in [-0.4, -0.2) is 40.9 Å². The topological polar surface area (TPSA) is 71.5 Å². The number of ether oxygens (including phenoxy) is 1. The largest absolute Gasteiger partial charge is 0.491 e. The van der Waals surface area contributed by atoms with Crippen LogP contribution in [-0.2, 0) is 0 Å². The molecule has 2 aromatic rings. The molecule has 6 nitrogen and oxygen atoms in total. The highest BCUT2D eigenvalue weighted by molar-refractivity contribution is 6.04. The minimum absolute atomic E-state index is 0.0471. The van der Waals surface area contributed by atoms with Crippen LogP contribution >= 0.6 is 0 Å². The number of nitrogens with one attached hydrogen (secondary N) is 1. The van der Waals surface area contributed by atoms with Crippen molar-refractivity contribution < 1.29 is 14.3 Å². The second-order valence-electron chi connectivity index (χ2n) is 6.57. The van der Waals surface area contributed by atoms with Gasteiger partial charge in [-0.1, -0.05) is 0 Å². The molecule has 0 unspecified atom stereocenters. The predicted molar refractivity (Wildman–Crippen MR) is 99.5 cm³/mol. The van der Waals surface area contributed by atoms with E-state index in [1.807, 2.05) is 18.7 Å². The number of pyridine rings is 1. The monoisotopic (exact) mass is 353 g/mol. The molecule has 0 saturated carbocycles. The van der Waals surface area contributed by atoms with E-state index >= 15 is 0 Å². The lowest BCUT2D eigenvalue weighted by atomic mass is 10.2. The molecule has 1 aromatic heterocycles. The zero-order valence-electron chi connectivity index (χ0n) is 15.1. The van der Waals surface area contributed by atoms with Gasteiger partial charge >= 0.3 is 0 Å². The van der Waals surface area contributed by atoms with Crippen LogP contribution in [0.2, 0.25) is 0 Å². The van der Waals surface area contributed by atoms with E-state index in [9.17, 15) is 9.59 Å². The van der Waals surface area contributed by atoms with Gasteiger partial charge in [0.1, 0.15) is 11.4 Å². The Morgan fingerprint density at radius 1 is 1.12 bits per heavy atom. The normalized spacial score (nSPS) is 13.7. The molecule has 2 heterocycles. The first kappa shape index (κ1) is 17.9. The van der Waals surface area contributed by atoms with Crippen molar-refractivity contribution in [3.8, 4) is 5.75 Å². The van der Waals surface area contributed by atoms with Crippen molar-refractivity contribution in [2.24, 2.45) is 0 Å². The first-order chi connectivity index (χ1) is 12.5. The third kappa shape index (κ3) is 4.39. The summed E-state index contributed by atoms with van der Waals surface area (Å²) >= 11 is 0. The van der Waals surface area contributed by atoms with E-state index < -0.39 is 0 Å². The fraction of sp³-hybridized carbons (Fsp3) is 0.350. The molecule has 1 saturated heterocycles. The van der Waals surface area contributed by atoms with Gasteiger partial charge in [0.2, 0.25) is 0 Å². The smallest absolute Gasteiger partial charge is 0.274 e. The lowest BCUT2D eigenvalue weighted by Gasteiger charge is -2.15. The summed E-state index contributed by atoms with van der Waals surface area (Å²) in [4.78, 5) is 30.8. The molecule has 26 heavy (non-hydrogen) atoms. The lowest BCUT2D eigenvalue weighted by molar-refractivity contribution is 0.0792. The number of hydrogen-bond acceptors (Lipinski definition) is 4. The van der Waals surface area contributed by atoms with Crippen LogP contribution in [0, 0.1) is 0 Å². The maximum Gasteiger partial charge on any atom is 0.274 e. The minimum Gasteiger partial charge on any atom is -0.491 e. The molecule has 0 spiro atoms. The van der Waals surface area contributed by atoms with Crippen LogP contribution in [0.3, 0.4) is 0 Å². The zero-order chi connectivity index (χ0) is 18.5. The number of benzene rings is 1. The number of amides is 2. The quantitative estimate of drug-likeness (QED) is 0.895. The van der Waals surface area contributed by atoms with Crippen molar-refractivity contribution >= 4 is 17.5 Å². The second-order valence-corrected chi connectivity index (χ2v) is 6.57. The molecule has 1 aliphatic heterocycles. The molecule has 1 aromatic carbocycles. The average molecular weight is 353 g/mol. The molecule has 0 radical (unpaired) electrons. The van der Waals surface area contributed by atoms with Crippen molar-refractivity contribution in [3.63, 3.8) is 0 Å². The molecule has 0 bridgehead atoms. The highest BCUT2D eigenvalue weighted by atomic mass is 16.5. The van der Waals surface area contributed by atoms with Crippen LogP contribution in [0.5, 0.6) is 5.75 Å². The van der Waals surface area contributed by atoms with E-state index in [2.05, 4.69) is 10.3 Å². The van der Waals surface area contributed by atoms with Gasteiger partial charge in [-0.25, -0.2) is 0 Å². The lowest BCUT2D eigenvalue weighted by Crippen LogP contribution is -2.28. The first-order valence-electron chi connectivity index (χ1n) is 8.86. The maximum absolute atomic E-state index is 12.5. The molecule has 2 amide bonds. The highest BCUT2D eigenvalue weighted by Crippen LogP contribution is 2.18. The Labute approximate surface area is 153 Å². The van der Waals surface area contributed by atoms with Crippen LogP contribution in [0.1, 0.15) is 47.5 Å². The van der Waals surface area contributed by atoms with E-state index in [4.69, 9.17) is 4.74 Å². The molecule has 1 fully saturated rings. The van der Waals surface area contributed by atoms with E-state index in [0.29, 0.717) is 11.3 Å². The fourth-order valence-electron chi connectivity index (χ4n) is 2.87. The van der Waals surface area contributed by atoms with Gasteiger partial charge in [-0.05, 0) is 63.1 Å². The summed E-state index contributed by atoms with van der Waals surface area (Å²) in [6.07, 6.45) is 3.65. The summed E-state index contributed by atoms with van der Waals surface area (Å²) in [5, 5.41) is 2.79. The molecule has 0 aliphatic carbocycles. The predicted octanol–water partition coefficient (Wildman–Crippen LogP) is 3.36. The molecule has 6 heteroatoms. The van der Waals surface area contributed by atoms with Crippen molar-refractivity contribution in [2.45, 2.75) is 32.8 Å². The SMILES string of the molecule is CC(C)Oc1ccc(NC(=O)c2cc(C(=O)N3CCCC3)ccn2)cc1. The van der Waals surface area contributed by atoms with E-state index in [0.717, 1.165) is 31.7 Å². The van der Waals surface area contributed by atoms with Gasteiger partial charge in [-0.3, -0.25) is 14.6 Å². The van der Waals surface area contributed by atoms with Crippen molar-refractivity contribution in [3.05, 3.63) is 53.9 Å². The van der Waals surface area contributed by atoms with Gasteiger partial charge in [0, 0.05) is 30.5 Å². The Bertz CT molecular complexity index is 781. The van der Waals surface area contributed by atoms with Gasteiger partial charge in [-0.2, -0.15) is 0 Å². The van der Waals surface area contributed by atoms with Gasteiger partial charge < -0.3 is 15.0 Å². The third-order valence-corrected chi connectivity index (χ3v) is 4.12. The second kappa shape index (κ2) is 7.99. The number of anilines is 1. The Hall–Kier alpha value is -2.89. The maximum atomic E-state index is 12.5. The van der Waals surface area contributed by atoms with Crippen molar-refractivity contribution in [1.29, 1.82) is 0 Å². The molecule has 136 valence electrons. The minimum atomic E-state index is -0.349. The van der Waals surface area contributed by atoms with E-state index in [1.54, 1.807) is 36.4 Å². The highest BCUT2D eigenvalue weighted by Gasteiger charge is 2.20. The number of hydrogen-bond donors (Lipinski definition) is 1. The van der Waals surface area contributed by atoms with Gasteiger partial charge in [-0.15, -0.1) is 0 Å². The molecular weight excluding hydrogens is 330 g/mol. The van der Waals surface area contributed by atoms with Crippen LogP contribution in [0.4, 0.5) is 5.69 Å².